The van der Waals surface area contributed by atoms with Crippen LogP contribution in [-0.2, 0) is 11.2 Å². The summed E-state index contributed by atoms with van der Waals surface area (Å²) in [5.41, 5.74) is 3.88. The number of benzene rings is 2. The summed E-state index contributed by atoms with van der Waals surface area (Å²) in [4.78, 5) is 21.7. The number of hydrogen-bond donors (Lipinski definition) is 1. The van der Waals surface area contributed by atoms with Crippen molar-refractivity contribution in [1.29, 1.82) is 0 Å². The number of rotatable bonds is 7. The van der Waals surface area contributed by atoms with Gasteiger partial charge in [0.25, 0.3) is 0 Å². The van der Waals surface area contributed by atoms with Gasteiger partial charge in [0.1, 0.15) is 11.3 Å². The summed E-state index contributed by atoms with van der Waals surface area (Å²) in [6, 6.07) is 24.1. The molecule has 4 aromatic rings. The van der Waals surface area contributed by atoms with E-state index in [2.05, 4.69) is 29.4 Å². The highest BCUT2D eigenvalue weighted by atomic mass is 16.1. The lowest BCUT2D eigenvalue weighted by atomic mass is 10.0. The van der Waals surface area contributed by atoms with Gasteiger partial charge in [-0.1, -0.05) is 55.5 Å². The highest BCUT2D eigenvalue weighted by molar-refractivity contribution is 5.77. The normalized spacial score (nSPS) is 12.0. The first-order valence-electron chi connectivity index (χ1n) is 9.92. The van der Waals surface area contributed by atoms with Crippen LogP contribution in [0.4, 0.5) is 0 Å². The molecule has 0 saturated carbocycles. The van der Waals surface area contributed by atoms with Crippen molar-refractivity contribution >= 4 is 17.1 Å². The third-order valence-corrected chi connectivity index (χ3v) is 5.05. The van der Waals surface area contributed by atoms with Gasteiger partial charge in [0.05, 0.1) is 0 Å². The van der Waals surface area contributed by atoms with E-state index in [-0.39, 0.29) is 11.8 Å². The van der Waals surface area contributed by atoms with Crippen LogP contribution in [0, 0.1) is 0 Å². The van der Waals surface area contributed by atoms with Gasteiger partial charge < -0.3 is 5.32 Å². The second-order valence-electron chi connectivity index (χ2n) is 7.16. The van der Waals surface area contributed by atoms with Crippen LogP contribution in [0.3, 0.4) is 0 Å². The number of aryl methyl sites for hydroxylation is 1. The zero-order chi connectivity index (χ0) is 20.1. The molecule has 1 N–H and O–H groups in total. The van der Waals surface area contributed by atoms with Gasteiger partial charge in [-0.3, -0.25) is 9.36 Å². The number of pyridine rings is 1. The SMILES string of the molecule is C[C@H](CNC(=O)CCc1nc2cccnc2n1-c1ccccc1)c1ccccc1. The van der Waals surface area contributed by atoms with E-state index in [0.29, 0.717) is 19.4 Å². The quantitative estimate of drug-likeness (QED) is 0.518. The first kappa shape index (κ1) is 18.9. The molecule has 0 aliphatic heterocycles. The van der Waals surface area contributed by atoms with Crippen LogP contribution in [0.5, 0.6) is 0 Å². The van der Waals surface area contributed by atoms with Gasteiger partial charge in [0.15, 0.2) is 5.65 Å². The molecule has 5 heteroatoms. The fourth-order valence-corrected chi connectivity index (χ4v) is 3.46. The lowest BCUT2D eigenvalue weighted by molar-refractivity contribution is -0.121. The molecule has 0 unspecified atom stereocenters. The molecule has 1 amide bonds. The lowest BCUT2D eigenvalue weighted by Gasteiger charge is -2.13. The topological polar surface area (TPSA) is 59.8 Å². The average molecular weight is 384 g/mol. The zero-order valence-electron chi connectivity index (χ0n) is 16.5. The minimum Gasteiger partial charge on any atom is -0.355 e. The summed E-state index contributed by atoms with van der Waals surface area (Å²) >= 11 is 0. The molecule has 0 aliphatic rings. The molecular formula is C24H24N4O. The molecule has 0 bridgehead atoms. The van der Waals surface area contributed by atoms with Gasteiger partial charge in [-0.2, -0.15) is 0 Å². The smallest absolute Gasteiger partial charge is 0.220 e. The lowest BCUT2D eigenvalue weighted by Crippen LogP contribution is -2.27. The molecule has 0 spiro atoms. The number of hydrogen-bond acceptors (Lipinski definition) is 3. The Balaban J connectivity index is 1.45. The average Bonchev–Trinajstić information content (AvgIpc) is 3.15. The Morgan fingerprint density at radius 2 is 1.72 bits per heavy atom. The van der Waals surface area contributed by atoms with Crippen LogP contribution >= 0.6 is 0 Å². The molecule has 29 heavy (non-hydrogen) atoms. The number of para-hydroxylation sites is 1. The van der Waals surface area contributed by atoms with E-state index < -0.39 is 0 Å². The molecule has 5 nitrogen and oxygen atoms in total. The molecule has 2 heterocycles. The van der Waals surface area contributed by atoms with Gasteiger partial charge >= 0.3 is 0 Å². The molecule has 0 fully saturated rings. The van der Waals surface area contributed by atoms with Crippen molar-refractivity contribution in [3.05, 3.63) is 90.4 Å². The van der Waals surface area contributed by atoms with Crippen molar-refractivity contribution in [2.24, 2.45) is 0 Å². The van der Waals surface area contributed by atoms with Gasteiger partial charge in [0.2, 0.25) is 5.91 Å². The monoisotopic (exact) mass is 384 g/mol. The minimum absolute atomic E-state index is 0.0346. The van der Waals surface area contributed by atoms with Crippen molar-refractivity contribution in [2.45, 2.75) is 25.7 Å². The number of nitrogens with one attached hydrogen (secondary N) is 1. The molecule has 0 aliphatic carbocycles. The highest BCUT2D eigenvalue weighted by Crippen LogP contribution is 2.20. The third kappa shape index (κ3) is 4.35. The largest absolute Gasteiger partial charge is 0.355 e. The van der Waals surface area contributed by atoms with E-state index in [4.69, 9.17) is 4.98 Å². The second kappa shape index (κ2) is 8.69. The van der Waals surface area contributed by atoms with E-state index in [1.165, 1.54) is 5.56 Å². The summed E-state index contributed by atoms with van der Waals surface area (Å²) in [5, 5.41) is 3.05. The maximum absolute atomic E-state index is 12.5. The molecule has 1 atom stereocenters. The van der Waals surface area contributed by atoms with E-state index in [1.807, 2.05) is 65.2 Å². The summed E-state index contributed by atoms with van der Waals surface area (Å²) < 4.78 is 2.04. The molecule has 4 rings (SSSR count). The van der Waals surface area contributed by atoms with E-state index in [0.717, 1.165) is 22.7 Å². The van der Waals surface area contributed by atoms with Crippen LogP contribution < -0.4 is 5.32 Å². The van der Waals surface area contributed by atoms with Crippen molar-refractivity contribution in [2.75, 3.05) is 6.54 Å². The predicted octanol–water partition coefficient (Wildman–Crippen LogP) is 4.27. The Bertz CT molecular complexity index is 1090. The standard InChI is InChI=1S/C24H24N4O/c1-18(19-9-4-2-5-10-19)17-26-23(29)15-14-22-27-21-13-8-16-25-24(21)28(22)20-11-6-3-7-12-20/h2-13,16,18H,14-15,17H2,1H3,(H,26,29)/t18-/m1/s1. The number of imidazole rings is 1. The Hall–Kier alpha value is -3.47. The summed E-state index contributed by atoms with van der Waals surface area (Å²) in [7, 11) is 0. The zero-order valence-corrected chi connectivity index (χ0v) is 16.5. The Kier molecular flexibility index (Phi) is 5.66. The molecule has 2 aromatic heterocycles. The summed E-state index contributed by atoms with van der Waals surface area (Å²) in [6.45, 7) is 2.75. The summed E-state index contributed by atoms with van der Waals surface area (Å²) in [5.74, 6) is 1.15. The third-order valence-electron chi connectivity index (χ3n) is 5.05. The molecule has 0 saturated heterocycles. The highest BCUT2D eigenvalue weighted by Gasteiger charge is 2.15. The molecule has 2 aromatic carbocycles. The van der Waals surface area contributed by atoms with Gasteiger partial charge in [-0.15, -0.1) is 0 Å². The number of carbonyl (C=O) groups is 1. The van der Waals surface area contributed by atoms with E-state index in [9.17, 15) is 4.79 Å². The minimum atomic E-state index is 0.0346. The van der Waals surface area contributed by atoms with Crippen LogP contribution in [-0.4, -0.2) is 27.0 Å². The van der Waals surface area contributed by atoms with Crippen LogP contribution in [0.15, 0.2) is 79.0 Å². The van der Waals surface area contributed by atoms with E-state index >= 15 is 0 Å². The first-order chi connectivity index (χ1) is 14.2. The number of aromatic nitrogens is 3. The number of carbonyl (C=O) groups excluding carboxylic acids is 1. The maximum atomic E-state index is 12.5. The van der Waals surface area contributed by atoms with Gasteiger partial charge in [-0.05, 0) is 35.7 Å². The van der Waals surface area contributed by atoms with Crippen molar-refractivity contribution in [3.63, 3.8) is 0 Å². The number of nitrogens with zero attached hydrogens (tertiary/aromatic N) is 3. The summed E-state index contributed by atoms with van der Waals surface area (Å²) in [6.07, 6.45) is 2.71. The van der Waals surface area contributed by atoms with E-state index in [1.54, 1.807) is 6.20 Å². The maximum Gasteiger partial charge on any atom is 0.220 e. The second-order valence-corrected chi connectivity index (χ2v) is 7.16. The van der Waals surface area contributed by atoms with Gasteiger partial charge in [0, 0.05) is 31.3 Å². The number of amides is 1. The van der Waals surface area contributed by atoms with Crippen molar-refractivity contribution in [3.8, 4) is 5.69 Å². The number of fused-ring (bicyclic) bond motifs is 1. The van der Waals surface area contributed by atoms with Crippen molar-refractivity contribution < 1.29 is 4.79 Å². The molecular weight excluding hydrogens is 360 g/mol. The Morgan fingerprint density at radius 3 is 2.48 bits per heavy atom. The molecule has 0 radical (unpaired) electrons. The Morgan fingerprint density at radius 1 is 1.00 bits per heavy atom. The Labute approximate surface area is 170 Å². The van der Waals surface area contributed by atoms with Gasteiger partial charge in [-0.25, -0.2) is 9.97 Å². The van der Waals surface area contributed by atoms with Crippen LogP contribution in [0.2, 0.25) is 0 Å². The molecule has 146 valence electrons. The fourth-order valence-electron chi connectivity index (χ4n) is 3.46. The van der Waals surface area contributed by atoms with Crippen LogP contribution in [0.1, 0.15) is 30.7 Å². The first-order valence-corrected chi connectivity index (χ1v) is 9.92. The predicted molar refractivity (Wildman–Crippen MR) is 115 cm³/mol. The van der Waals surface area contributed by atoms with Crippen molar-refractivity contribution in [1.82, 2.24) is 19.9 Å². The fraction of sp³-hybridized carbons (Fsp3) is 0.208. The van der Waals surface area contributed by atoms with Crippen LogP contribution in [0.25, 0.3) is 16.9 Å².